The van der Waals surface area contributed by atoms with E-state index in [4.69, 9.17) is 4.74 Å². The van der Waals surface area contributed by atoms with Crippen LogP contribution in [0.15, 0.2) is 18.2 Å². The van der Waals surface area contributed by atoms with Gasteiger partial charge < -0.3 is 9.47 Å². The first kappa shape index (κ1) is 13.8. The van der Waals surface area contributed by atoms with Crippen molar-refractivity contribution in [3.8, 4) is 5.75 Å². The molecule has 0 amide bonds. The minimum atomic E-state index is -4.79. The Morgan fingerprint density at radius 3 is 2.47 bits per heavy atom. The van der Waals surface area contributed by atoms with E-state index in [9.17, 15) is 17.6 Å². The van der Waals surface area contributed by atoms with Crippen molar-refractivity contribution in [2.45, 2.75) is 26.3 Å². The van der Waals surface area contributed by atoms with Crippen molar-refractivity contribution in [1.82, 2.24) is 0 Å². The molecular formula is C11H12F4O2. The molecule has 17 heavy (non-hydrogen) atoms. The number of halogens is 4. The Morgan fingerprint density at radius 1 is 1.29 bits per heavy atom. The van der Waals surface area contributed by atoms with Crippen LogP contribution < -0.4 is 4.74 Å². The predicted molar refractivity (Wildman–Crippen MR) is 53.1 cm³/mol. The van der Waals surface area contributed by atoms with E-state index < -0.39 is 24.0 Å². The van der Waals surface area contributed by atoms with Crippen LogP contribution in [0.1, 0.15) is 25.5 Å². The molecule has 0 aromatic heterocycles. The lowest BCUT2D eigenvalue weighted by molar-refractivity contribution is -0.274. The SMILES string of the molecule is CCOC(C)c1cc(OC(F)(F)F)ccc1F. The summed E-state index contributed by atoms with van der Waals surface area (Å²) in [5.74, 6) is -1.08. The van der Waals surface area contributed by atoms with Crippen molar-refractivity contribution in [1.29, 1.82) is 0 Å². The average molecular weight is 252 g/mol. The molecule has 0 aliphatic carbocycles. The van der Waals surface area contributed by atoms with Crippen LogP contribution in [-0.2, 0) is 4.74 Å². The van der Waals surface area contributed by atoms with E-state index in [0.29, 0.717) is 6.61 Å². The highest BCUT2D eigenvalue weighted by molar-refractivity contribution is 5.31. The van der Waals surface area contributed by atoms with Gasteiger partial charge in [-0.2, -0.15) is 0 Å². The number of hydrogen-bond acceptors (Lipinski definition) is 2. The molecular weight excluding hydrogens is 240 g/mol. The van der Waals surface area contributed by atoms with Crippen LogP contribution in [0, 0.1) is 5.82 Å². The molecule has 0 aliphatic heterocycles. The lowest BCUT2D eigenvalue weighted by Crippen LogP contribution is -2.17. The topological polar surface area (TPSA) is 18.5 Å². The summed E-state index contributed by atoms with van der Waals surface area (Å²) in [4.78, 5) is 0. The summed E-state index contributed by atoms with van der Waals surface area (Å²) < 4.78 is 58.1. The monoisotopic (exact) mass is 252 g/mol. The van der Waals surface area contributed by atoms with Crippen LogP contribution in [0.25, 0.3) is 0 Å². The Hall–Kier alpha value is -1.30. The van der Waals surface area contributed by atoms with Crippen molar-refractivity contribution < 1.29 is 27.0 Å². The quantitative estimate of drug-likeness (QED) is 0.758. The van der Waals surface area contributed by atoms with Crippen LogP contribution in [-0.4, -0.2) is 13.0 Å². The van der Waals surface area contributed by atoms with Crippen molar-refractivity contribution in [2.75, 3.05) is 6.61 Å². The van der Waals surface area contributed by atoms with Gasteiger partial charge in [0.1, 0.15) is 11.6 Å². The minimum Gasteiger partial charge on any atom is -0.406 e. The maximum absolute atomic E-state index is 13.4. The maximum atomic E-state index is 13.4. The molecule has 0 bridgehead atoms. The van der Waals surface area contributed by atoms with Gasteiger partial charge in [0.2, 0.25) is 0 Å². The molecule has 1 rings (SSSR count). The molecule has 0 aliphatic rings. The highest BCUT2D eigenvalue weighted by Crippen LogP contribution is 2.28. The number of ether oxygens (including phenoxy) is 2. The van der Waals surface area contributed by atoms with E-state index in [1.54, 1.807) is 13.8 Å². The van der Waals surface area contributed by atoms with E-state index in [0.717, 1.165) is 18.2 Å². The summed E-state index contributed by atoms with van der Waals surface area (Å²) in [7, 11) is 0. The lowest BCUT2D eigenvalue weighted by atomic mass is 10.1. The first-order valence-corrected chi connectivity index (χ1v) is 5.00. The van der Waals surface area contributed by atoms with Gasteiger partial charge in [0.15, 0.2) is 0 Å². The standard InChI is InChI=1S/C11H12F4O2/c1-3-16-7(2)9-6-8(4-5-10(9)12)17-11(13,14)15/h4-7H,3H2,1-2H3. The summed E-state index contributed by atoms with van der Waals surface area (Å²) in [6.07, 6.45) is -5.42. The fourth-order valence-electron chi connectivity index (χ4n) is 1.37. The second kappa shape index (κ2) is 5.35. The smallest absolute Gasteiger partial charge is 0.406 e. The van der Waals surface area contributed by atoms with Crippen LogP contribution in [0.5, 0.6) is 5.75 Å². The predicted octanol–water partition coefficient (Wildman–Crippen LogP) is 3.82. The van der Waals surface area contributed by atoms with Gasteiger partial charge >= 0.3 is 6.36 Å². The fourth-order valence-corrected chi connectivity index (χ4v) is 1.37. The van der Waals surface area contributed by atoms with Gasteiger partial charge in [0, 0.05) is 12.2 Å². The van der Waals surface area contributed by atoms with Gasteiger partial charge in [-0.05, 0) is 32.0 Å². The fraction of sp³-hybridized carbons (Fsp3) is 0.455. The molecule has 96 valence electrons. The zero-order valence-electron chi connectivity index (χ0n) is 9.34. The normalized spacial score (nSPS) is 13.5. The summed E-state index contributed by atoms with van der Waals surface area (Å²) >= 11 is 0. The Balaban J connectivity index is 2.94. The van der Waals surface area contributed by atoms with E-state index >= 15 is 0 Å². The molecule has 6 heteroatoms. The highest BCUT2D eigenvalue weighted by Gasteiger charge is 2.31. The van der Waals surface area contributed by atoms with Crippen molar-refractivity contribution in [3.63, 3.8) is 0 Å². The molecule has 2 nitrogen and oxygen atoms in total. The van der Waals surface area contributed by atoms with Gasteiger partial charge in [0.25, 0.3) is 0 Å². The second-order valence-electron chi connectivity index (χ2n) is 3.33. The molecule has 0 N–H and O–H groups in total. The van der Waals surface area contributed by atoms with Gasteiger partial charge in [-0.25, -0.2) is 4.39 Å². The molecule has 1 unspecified atom stereocenters. The summed E-state index contributed by atoms with van der Waals surface area (Å²) in [5, 5.41) is 0. The van der Waals surface area contributed by atoms with Crippen molar-refractivity contribution >= 4 is 0 Å². The zero-order valence-corrected chi connectivity index (χ0v) is 9.34. The molecule has 0 radical (unpaired) electrons. The van der Waals surface area contributed by atoms with E-state index in [2.05, 4.69) is 4.74 Å². The molecule has 1 atom stereocenters. The summed E-state index contributed by atoms with van der Waals surface area (Å²) in [6.45, 7) is 3.61. The van der Waals surface area contributed by atoms with Gasteiger partial charge in [-0.15, -0.1) is 13.2 Å². The lowest BCUT2D eigenvalue weighted by Gasteiger charge is -2.15. The number of rotatable bonds is 4. The third-order valence-corrected chi connectivity index (χ3v) is 2.06. The molecule has 1 aromatic rings. The van der Waals surface area contributed by atoms with Crippen molar-refractivity contribution in [2.24, 2.45) is 0 Å². The molecule has 0 saturated heterocycles. The number of alkyl halides is 3. The van der Waals surface area contributed by atoms with Crippen LogP contribution in [0.3, 0.4) is 0 Å². The Bertz CT molecular complexity index is 376. The highest BCUT2D eigenvalue weighted by atomic mass is 19.4. The second-order valence-corrected chi connectivity index (χ2v) is 3.33. The first-order valence-electron chi connectivity index (χ1n) is 5.00. The Morgan fingerprint density at radius 2 is 1.94 bits per heavy atom. The van der Waals surface area contributed by atoms with Gasteiger partial charge in [0.05, 0.1) is 6.10 Å². The van der Waals surface area contributed by atoms with E-state index in [1.165, 1.54) is 0 Å². The molecule has 0 fully saturated rings. The third kappa shape index (κ3) is 4.22. The first-order chi connectivity index (χ1) is 7.83. The van der Waals surface area contributed by atoms with Crippen LogP contribution in [0.2, 0.25) is 0 Å². The molecule has 0 saturated carbocycles. The molecule has 0 spiro atoms. The van der Waals surface area contributed by atoms with E-state index in [1.807, 2.05) is 0 Å². The number of benzene rings is 1. The summed E-state index contributed by atoms with van der Waals surface area (Å²) in [5.41, 5.74) is 0.0357. The van der Waals surface area contributed by atoms with Crippen LogP contribution >= 0.6 is 0 Å². The third-order valence-electron chi connectivity index (χ3n) is 2.06. The van der Waals surface area contributed by atoms with Gasteiger partial charge in [-0.1, -0.05) is 0 Å². The van der Waals surface area contributed by atoms with E-state index in [-0.39, 0.29) is 5.56 Å². The van der Waals surface area contributed by atoms with Gasteiger partial charge in [-0.3, -0.25) is 0 Å². The zero-order chi connectivity index (χ0) is 13.1. The van der Waals surface area contributed by atoms with Crippen LogP contribution in [0.4, 0.5) is 17.6 Å². The number of hydrogen-bond donors (Lipinski definition) is 0. The average Bonchev–Trinajstić information content (AvgIpc) is 2.19. The molecule has 1 aromatic carbocycles. The Kier molecular flexibility index (Phi) is 4.34. The summed E-state index contributed by atoms with van der Waals surface area (Å²) in [6, 6.07) is 2.83. The maximum Gasteiger partial charge on any atom is 0.573 e. The minimum absolute atomic E-state index is 0.0357. The largest absolute Gasteiger partial charge is 0.573 e. The molecule has 0 heterocycles. The Labute approximate surface area is 96.1 Å². The van der Waals surface area contributed by atoms with Crippen molar-refractivity contribution in [3.05, 3.63) is 29.6 Å².